The van der Waals surface area contributed by atoms with Crippen molar-refractivity contribution in [1.29, 1.82) is 0 Å². The Hall–Kier alpha value is -2.37. The fourth-order valence-electron chi connectivity index (χ4n) is 3.19. The number of carboxylic acids is 1. The SMILES string of the molecule is CC(C)CC(=O)Nc1ccc(NC(=O)[C@@H]2CCCC[C@@H]2C(=O)O)cc1. The second-order valence-electron chi connectivity index (χ2n) is 7.05. The van der Waals surface area contributed by atoms with Gasteiger partial charge in [-0.05, 0) is 43.0 Å². The summed E-state index contributed by atoms with van der Waals surface area (Å²) in [6.07, 6.45) is 3.34. The normalized spacial score (nSPS) is 20.1. The molecule has 3 N–H and O–H groups in total. The first kappa shape index (κ1) is 19.0. The zero-order valence-corrected chi connectivity index (χ0v) is 14.7. The van der Waals surface area contributed by atoms with Crippen molar-refractivity contribution >= 4 is 29.2 Å². The Morgan fingerprint density at radius 2 is 1.52 bits per heavy atom. The molecule has 25 heavy (non-hydrogen) atoms. The summed E-state index contributed by atoms with van der Waals surface area (Å²) in [4.78, 5) is 35.5. The van der Waals surface area contributed by atoms with Gasteiger partial charge in [-0.15, -0.1) is 0 Å². The molecule has 0 aliphatic heterocycles. The van der Waals surface area contributed by atoms with Crippen LogP contribution in [-0.2, 0) is 14.4 Å². The largest absolute Gasteiger partial charge is 0.481 e. The molecule has 1 aliphatic rings. The second-order valence-corrected chi connectivity index (χ2v) is 7.05. The molecule has 0 unspecified atom stereocenters. The predicted molar refractivity (Wildman–Crippen MR) is 96.2 cm³/mol. The molecule has 0 bridgehead atoms. The van der Waals surface area contributed by atoms with Crippen LogP contribution in [0.5, 0.6) is 0 Å². The summed E-state index contributed by atoms with van der Waals surface area (Å²) in [5, 5.41) is 14.9. The third-order valence-electron chi connectivity index (χ3n) is 4.45. The van der Waals surface area contributed by atoms with Gasteiger partial charge in [0.15, 0.2) is 0 Å². The van der Waals surface area contributed by atoms with Gasteiger partial charge in [0.05, 0.1) is 11.8 Å². The molecule has 0 heterocycles. The maximum Gasteiger partial charge on any atom is 0.307 e. The van der Waals surface area contributed by atoms with E-state index in [-0.39, 0.29) is 17.7 Å². The van der Waals surface area contributed by atoms with Crippen LogP contribution in [0.1, 0.15) is 46.0 Å². The Morgan fingerprint density at radius 3 is 2.04 bits per heavy atom. The standard InChI is InChI=1S/C19H26N2O4/c1-12(2)11-17(22)20-13-7-9-14(10-8-13)21-18(23)15-5-3-4-6-16(15)19(24)25/h7-10,12,15-16H,3-6,11H2,1-2H3,(H,20,22)(H,21,23)(H,24,25)/t15-,16+/m1/s1. The molecule has 2 amide bonds. The Morgan fingerprint density at radius 1 is 1.00 bits per heavy atom. The Labute approximate surface area is 148 Å². The highest BCUT2D eigenvalue weighted by Crippen LogP contribution is 2.31. The molecule has 1 fully saturated rings. The monoisotopic (exact) mass is 346 g/mol. The molecule has 1 aliphatic carbocycles. The van der Waals surface area contributed by atoms with E-state index < -0.39 is 17.8 Å². The summed E-state index contributed by atoms with van der Waals surface area (Å²) in [5.41, 5.74) is 1.27. The molecule has 1 aromatic carbocycles. The van der Waals surface area contributed by atoms with Crippen molar-refractivity contribution in [3.63, 3.8) is 0 Å². The molecular formula is C19H26N2O4. The summed E-state index contributed by atoms with van der Waals surface area (Å²) >= 11 is 0. The average molecular weight is 346 g/mol. The van der Waals surface area contributed by atoms with Gasteiger partial charge in [0, 0.05) is 17.8 Å². The van der Waals surface area contributed by atoms with Gasteiger partial charge in [-0.3, -0.25) is 14.4 Å². The summed E-state index contributed by atoms with van der Waals surface area (Å²) in [6, 6.07) is 6.87. The lowest BCUT2D eigenvalue weighted by Crippen LogP contribution is -2.36. The third-order valence-corrected chi connectivity index (χ3v) is 4.45. The van der Waals surface area contributed by atoms with Crippen LogP contribution < -0.4 is 10.6 Å². The van der Waals surface area contributed by atoms with Crippen LogP contribution in [0, 0.1) is 17.8 Å². The summed E-state index contributed by atoms with van der Waals surface area (Å²) in [6.45, 7) is 3.96. The van der Waals surface area contributed by atoms with E-state index in [1.54, 1.807) is 24.3 Å². The molecule has 2 atom stereocenters. The molecule has 0 radical (unpaired) electrons. The minimum Gasteiger partial charge on any atom is -0.481 e. The smallest absolute Gasteiger partial charge is 0.307 e. The van der Waals surface area contributed by atoms with E-state index in [0.29, 0.717) is 30.6 Å². The van der Waals surface area contributed by atoms with Crippen molar-refractivity contribution < 1.29 is 19.5 Å². The predicted octanol–water partition coefficient (Wildman–Crippen LogP) is 3.50. The molecule has 6 nitrogen and oxygen atoms in total. The van der Waals surface area contributed by atoms with E-state index in [9.17, 15) is 19.5 Å². The first-order valence-electron chi connectivity index (χ1n) is 8.80. The van der Waals surface area contributed by atoms with E-state index in [2.05, 4.69) is 10.6 Å². The molecule has 136 valence electrons. The number of amides is 2. The van der Waals surface area contributed by atoms with Gasteiger partial charge in [0.1, 0.15) is 0 Å². The number of hydrogen-bond donors (Lipinski definition) is 3. The third kappa shape index (κ3) is 5.59. The summed E-state index contributed by atoms with van der Waals surface area (Å²) < 4.78 is 0. The highest BCUT2D eigenvalue weighted by atomic mass is 16.4. The van der Waals surface area contributed by atoms with Crippen molar-refractivity contribution in [2.45, 2.75) is 46.0 Å². The van der Waals surface area contributed by atoms with Gasteiger partial charge in [-0.25, -0.2) is 0 Å². The van der Waals surface area contributed by atoms with Crippen molar-refractivity contribution in [2.75, 3.05) is 10.6 Å². The number of hydrogen-bond acceptors (Lipinski definition) is 3. The van der Waals surface area contributed by atoms with Crippen LogP contribution in [-0.4, -0.2) is 22.9 Å². The van der Waals surface area contributed by atoms with Gasteiger partial charge < -0.3 is 15.7 Å². The quantitative estimate of drug-likeness (QED) is 0.734. The first-order chi connectivity index (χ1) is 11.9. The van der Waals surface area contributed by atoms with Crippen molar-refractivity contribution in [1.82, 2.24) is 0 Å². The number of benzene rings is 1. The molecule has 6 heteroatoms. The van der Waals surface area contributed by atoms with Gasteiger partial charge >= 0.3 is 5.97 Å². The average Bonchev–Trinajstić information content (AvgIpc) is 2.55. The second kappa shape index (κ2) is 8.65. The minimum absolute atomic E-state index is 0.0432. The highest BCUT2D eigenvalue weighted by Gasteiger charge is 2.35. The van der Waals surface area contributed by atoms with Gasteiger partial charge in [-0.2, -0.15) is 0 Å². The number of carbonyl (C=O) groups is 3. The lowest BCUT2D eigenvalue weighted by molar-refractivity contribution is -0.147. The van der Waals surface area contributed by atoms with E-state index >= 15 is 0 Å². The Bertz CT molecular complexity index is 625. The number of carbonyl (C=O) groups excluding carboxylic acids is 2. The maximum absolute atomic E-state index is 12.4. The molecule has 1 saturated carbocycles. The highest BCUT2D eigenvalue weighted by molar-refractivity contribution is 5.96. The zero-order valence-electron chi connectivity index (χ0n) is 14.7. The lowest BCUT2D eigenvalue weighted by atomic mass is 9.78. The van der Waals surface area contributed by atoms with Gasteiger partial charge in [0.2, 0.25) is 11.8 Å². The lowest BCUT2D eigenvalue weighted by Gasteiger charge is -2.27. The van der Waals surface area contributed by atoms with Crippen molar-refractivity contribution in [2.24, 2.45) is 17.8 Å². The van der Waals surface area contributed by atoms with Crippen LogP contribution in [0.25, 0.3) is 0 Å². The Kier molecular flexibility index (Phi) is 6.56. The van der Waals surface area contributed by atoms with Crippen LogP contribution in [0.15, 0.2) is 24.3 Å². The van der Waals surface area contributed by atoms with Crippen LogP contribution >= 0.6 is 0 Å². The molecule has 0 saturated heterocycles. The number of nitrogens with one attached hydrogen (secondary N) is 2. The van der Waals surface area contributed by atoms with Crippen molar-refractivity contribution in [3.8, 4) is 0 Å². The van der Waals surface area contributed by atoms with E-state index in [1.807, 2.05) is 13.8 Å². The summed E-state index contributed by atoms with van der Waals surface area (Å²) in [7, 11) is 0. The number of rotatable bonds is 6. The van der Waals surface area contributed by atoms with E-state index in [0.717, 1.165) is 12.8 Å². The fraction of sp³-hybridized carbons (Fsp3) is 0.526. The minimum atomic E-state index is -0.900. The topological polar surface area (TPSA) is 95.5 Å². The molecular weight excluding hydrogens is 320 g/mol. The Balaban J connectivity index is 1.95. The molecule has 1 aromatic rings. The van der Waals surface area contributed by atoms with E-state index in [1.165, 1.54) is 0 Å². The number of anilines is 2. The summed E-state index contributed by atoms with van der Waals surface area (Å²) in [5.74, 6) is -2.00. The van der Waals surface area contributed by atoms with E-state index in [4.69, 9.17) is 0 Å². The first-order valence-corrected chi connectivity index (χ1v) is 8.80. The van der Waals surface area contributed by atoms with Gasteiger partial charge in [-0.1, -0.05) is 26.7 Å². The van der Waals surface area contributed by atoms with Gasteiger partial charge in [0.25, 0.3) is 0 Å². The zero-order chi connectivity index (χ0) is 18.4. The molecule has 2 rings (SSSR count). The van der Waals surface area contributed by atoms with Crippen LogP contribution in [0.2, 0.25) is 0 Å². The maximum atomic E-state index is 12.4. The number of carboxylic acid groups (broad SMARTS) is 1. The molecule has 0 aromatic heterocycles. The fourth-order valence-corrected chi connectivity index (χ4v) is 3.19. The van der Waals surface area contributed by atoms with Crippen LogP contribution in [0.3, 0.4) is 0 Å². The molecule has 0 spiro atoms. The van der Waals surface area contributed by atoms with Crippen LogP contribution in [0.4, 0.5) is 11.4 Å². The number of aliphatic carboxylic acids is 1. The van der Waals surface area contributed by atoms with Crippen molar-refractivity contribution in [3.05, 3.63) is 24.3 Å².